The van der Waals surface area contributed by atoms with Gasteiger partial charge in [0, 0.05) is 23.1 Å². The van der Waals surface area contributed by atoms with Crippen LogP contribution in [0.25, 0.3) is 0 Å². The predicted molar refractivity (Wildman–Crippen MR) is 92.0 cm³/mol. The third-order valence-corrected chi connectivity index (χ3v) is 3.43. The molecule has 0 saturated carbocycles. The summed E-state index contributed by atoms with van der Waals surface area (Å²) in [6, 6.07) is 8.44. The number of nitrogens with zero attached hydrogens (tertiary/aromatic N) is 1. The highest BCUT2D eigenvalue weighted by Gasteiger charge is 2.13. The van der Waals surface area contributed by atoms with Gasteiger partial charge in [0.2, 0.25) is 0 Å². The Hall–Kier alpha value is -1.78. The second-order valence-electron chi connectivity index (χ2n) is 5.89. The molecule has 1 heterocycles. The highest BCUT2D eigenvalue weighted by Crippen LogP contribution is 2.25. The minimum absolute atomic E-state index is 0.0984. The molecule has 0 aliphatic rings. The van der Waals surface area contributed by atoms with Crippen molar-refractivity contribution in [2.45, 2.75) is 26.3 Å². The summed E-state index contributed by atoms with van der Waals surface area (Å²) < 4.78 is 0. The molecule has 116 valence electrons. The molecule has 4 nitrogen and oxygen atoms in total. The van der Waals surface area contributed by atoms with Crippen LogP contribution in [0.1, 0.15) is 31.3 Å². The SMILES string of the molecule is CC(C)(C)Nc1ccnc(C(=O)Nc2ccc(Cl)c(Cl)c2)c1. The van der Waals surface area contributed by atoms with Gasteiger partial charge in [-0.25, -0.2) is 0 Å². The van der Waals surface area contributed by atoms with Crippen molar-refractivity contribution in [2.75, 3.05) is 10.6 Å². The first-order chi connectivity index (χ1) is 10.2. The average molecular weight is 338 g/mol. The van der Waals surface area contributed by atoms with Crippen LogP contribution in [0.4, 0.5) is 11.4 Å². The maximum Gasteiger partial charge on any atom is 0.274 e. The molecule has 0 radical (unpaired) electrons. The Morgan fingerprint density at radius 2 is 1.77 bits per heavy atom. The number of hydrogen-bond acceptors (Lipinski definition) is 3. The van der Waals surface area contributed by atoms with E-state index >= 15 is 0 Å². The van der Waals surface area contributed by atoms with E-state index in [4.69, 9.17) is 23.2 Å². The Bertz CT molecular complexity index is 696. The Morgan fingerprint density at radius 1 is 1.05 bits per heavy atom. The van der Waals surface area contributed by atoms with E-state index < -0.39 is 0 Å². The first kappa shape index (κ1) is 16.6. The Kier molecular flexibility index (Phi) is 4.94. The number of rotatable bonds is 3. The van der Waals surface area contributed by atoms with Gasteiger partial charge >= 0.3 is 0 Å². The molecular weight excluding hydrogens is 321 g/mol. The molecular formula is C16H17Cl2N3O. The van der Waals surface area contributed by atoms with Crippen LogP contribution < -0.4 is 10.6 Å². The quantitative estimate of drug-likeness (QED) is 0.841. The first-order valence-corrected chi connectivity index (χ1v) is 7.51. The van der Waals surface area contributed by atoms with Gasteiger partial charge in [0.25, 0.3) is 5.91 Å². The number of hydrogen-bond donors (Lipinski definition) is 2. The standard InChI is InChI=1S/C16H17Cl2N3O/c1-16(2,3)21-11-6-7-19-14(9-11)15(22)20-10-4-5-12(17)13(18)8-10/h4-9H,1-3H3,(H,19,21)(H,20,22). The number of anilines is 2. The van der Waals surface area contributed by atoms with Gasteiger partial charge in [0.15, 0.2) is 0 Å². The van der Waals surface area contributed by atoms with Gasteiger partial charge in [-0.2, -0.15) is 0 Å². The molecule has 0 aliphatic heterocycles. The molecule has 0 atom stereocenters. The van der Waals surface area contributed by atoms with Gasteiger partial charge in [0.1, 0.15) is 5.69 Å². The minimum atomic E-state index is -0.309. The van der Waals surface area contributed by atoms with Crippen molar-refractivity contribution < 1.29 is 4.79 Å². The van der Waals surface area contributed by atoms with Gasteiger partial charge in [0.05, 0.1) is 10.0 Å². The Balaban J connectivity index is 2.15. The zero-order valence-electron chi connectivity index (χ0n) is 12.6. The topological polar surface area (TPSA) is 54.0 Å². The van der Waals surface area contributed by atoms with Crippen LogP contribution in [0.3, 0.4) is 0 Å². The third-order valence-electron chi connectivity index (χ3n) is 2.69. The van der Waals surface area contributed by atoms with E-state index in [1.54, 1.807) is 30.5 Å². The van der Waals surface area contributed by atoms with Crippen molar-refractivity contribution in [3.63, 3.8) is 0 Å². The summed E-state index contributed by atoms with van der Waals surface area (Å²) in [7, 11) is 0. The molecule has 2 rings (SSSR count). The fourth-order valence-electron chi connectivity index (χ4n) is 1.83. The van der Waals surface area contributed by atoms with Crippen molar-refractivity contribution in [3.05, 3.63) is 52.3 Å². The second-order valence-corrected chi connectivity index (χ2v) is 6.70. The second kappa shape index (κ2) is 6.55. The van der Waals surface area contributed by atoms with Crippen LogP contribution in [0, 0.1) is 0 Å². The molecule has 22 heavy (non-hydrogen) atoms. The molecule has 0 saturated heterocycles. The number of carbonyl (C=O) groups is 1. The van der Waals surface area contributed by atoms with Crippen molar-refractivity contribution in [1.29, 1.82) is 0 Å². The van der Waals surface area contributed by atoms with Gasteiger partial charge in [-0.1, -0.05) is 23.2 Å². The van der Waals surface area contributed by atoms with E-state index in [0.717, 1.165) is 5.69 Å². The zero-order chi connectivity index (χ0) is 16.3. The minimum Gasteiger partial charge on any atom is -0.380 e. The molecule has 0 spiro atoms. The summed E-state index contributed by atoms with van der Waals surface area (Å²) in [4.78, 5) is 16.3. The number of nitrogens with one attached hydrogen (secondary N) is 2. The summed E-state index contributed by atoms with van der Waals surface area (Å²) in [5, 5.41) is 6.87. The van der Waals surface area contributed by atoms with E-state index in [0.29, 0.717) is 21.4 Å². The normalized spacial score (nSPS) is 11.1. The van der Waals surface area contributed by atoms with Gasteiger partial charge in [-0.15, -0.1) is 0 Å². The van der Waals surface area contributed by atoms with Crippen molar-refractivity contribution in [3.8, 4) is 0 Å². The molecule has 1 amide bonds. The lowest BCUT2D eigenvalue weighted by atomic mass is 10.1. The zero-order valence-corrected chi connectivity index (χ0v) is 14.1. The highest BCUT2D eigenvalue weighted by molar-refractivity contribution is 6.42. The Morgan fingerprint density at radius 3 is 2.41 bits per heavy atom. The average Bonchev–Trinajstić information content (AvgIpc) is 2.41. The number of amides is 1. The van der Waals surface area contributed by atoms with Crippen LogP contribution in [0.5, 0.6) is 0 Å². The number of halogens is 2. The summed E-state index contributed by atoms with van der Waals surface area (Å²) in [5.74, 6) is -0.309. The largest absolute Gasteiger partial charge is 0.380 e. The summed E-state index contributed by atoms with van der Waals surface area (Å²) in [6.07, 6.45) is 1.60. The van der Waals surface area contributed by atoms with Crippen LogP contribution in [0.2, 0.25) is 10.0 Å². The lowest BCUT2D eigenvalue weighted by Gasteiger charge is -2.22. The summed E-state index contributed by atoms with van der Waals surface area (Å²) >= 11 is 11.8. The smallest absolute Gasteiger partial charge is 0.274 e. The van der Waals surface area contributed by atoms with Crippen molar-refractivity contribution in [2.24, 2.45) is 0 Å². The van der Waals surface area contributed by atoms with E-state index in [-0.39, 0.29) is 11.4 Å². The molecule has 1 aromatic carbocycles. The molecule has 2 N–H and O–H groups in total. The fraction of sp³-hybridized carbons (Fsp3) is 0.250. The summed E-state index contributed by atoms with van der Waals surface area (Å²) in [6.45, 7) is 6.13. The maximum absolute atomic E-state index is 12.3. The van der Waals surface area contributed by atoms with Gasteiger partial charge in [-0.3, -0.25) is 9.78 Å². The van der Waals surface area contributed by atoms with E-state index in [9.17, 15) is 4.79 Å². The molecule has 2 aromatic rings. The number of carbonyl (C=O) groups excluding carboxylic acids is 1. The fourth-order valence-corrected chi connectivity index (χ4v) is 2.13. The van der Waals surface area contributed by atoms with E-state index in [1.807, 2.05) is 26.8 Å². The molecule has 6 heteroatoms. The van der Waals surface area contributed by atoms with E-state index in [2.05, 4.69) is 15.6 Å². The molecule has 1 aromatic heterocycles. The maximum atomic E-state index is 12.3. The number of pyridine rings is 1. The molecule has 0 fully saturated rings. The monoisotopic (exact) mass is 337 g/mol. The van der Waals surface area contributed by atoms with Gasteiger partial charge in [-0.05, 0) is 51.1 Å². The van der Waals surface area contributed by atoms with Gasteiger partial charge < -0.3 is 10.6 Å². The lowest BCUT2D eigenvalue weighted by Crippen LogP contribution is -2.26. The van der Waals surface area contributed by atoms with Crippen LogP contribution in [-0.2, 0) is 0 Å². The van der Waals surface area contributed by atoms with Crippen LogP contribution >= 0.6 is 23.2 Å². The highest BCUT2D eigenvalue weighted by atomic mass is 35.5. The molecule has 0 aliphatic carbocycles. The molecule has 0 bridgehead atoms. The predicted octanol–water partition coefficient (Wildman–Crippen LogP) is 4.85. The van der Waals surface area contributed by atoms with E-state index in [1.165, 1.54) is 0 Å². The van der Waals surface area contributed by atoms with Crippen molar-refractivity contribution in [1.82, 2.24) is 4.98 Å². The third kappa shape index (κ3) is 4.61. The van der Waals surface area contributed by atoms with Crippen molar-refractivity contribution >= 4 is 40.5 Å². The molecule has 0 unspecified atom stereocenters. The summed E-state index contributed by atoms with van der Waals surface area (Å²) in [5.41, 5.74) is 1.62. The number of benzene rings is 1. The lowest BCUT2D eigenvalue weighted by molar-refractivity contribution is 0.102. The number of aromatic nitrogens is 1. The van der Waals surface area contributed by atoms with Crippen LogP contribution in [0.15, 0.2) is 36.5 Å². The first-order valence-electron chi connectivity index (χ1n) is 6.75. The van der Waals surface area contributed by atoms with Crippen LogP contribution in [-0.4, -0.2) is 16.4 Å². The Labute approximate surface area is 139 Å².